The molecule has 6 nitrogen and oxygen atoms in total. The van der Waals surface area contributed by atoms with Crippen LogP contribution in [0.4, 0.5) is 18.9 Å². The van der Waals surface area contributed by atoms with E-state index >= 15 is 4.39 Å². The first-order valence-electron chi connectivity index (χ1n) is 9.40. The average molecular weight is 417 g/mol. The smallest absolute Gasteiger partial charge is 0.341 e. The molecule has 2 aromatic carbocycles. The summed E-state index contributed by atoms with van der Waals surface area (Å²) in [5.74, 6) is -3.97. The van der Waals surface area contributed by atoms with Crippen molar-refractivity contribution in [2.45, 2.75) is 6.42 Å². The number of fused-ring (bicyclic) bond motifs is 1. The van der Waals surface area contributed by atoms with Crippen LogP contribution in [0, 0.1) is 17.5 Å². The third-order valence-electron chi connectivity index (χ3n) is 5.15. The predicted octanol–water partition coefficient (Wildman–Crippen LogP) is 2.91. The number of carboxylic acid groups (broad SMARTS) is 1. The first-order valence-corrected chi connectivity index (χ1v) is 9.40. The zero-order valence-electron chi connectivity index (χ0n) is 15.8. The van der Waals surface area contributed by atoms with E-state index in [1.807, 2.05) is 0 Å². The van der Waals surface area contributed by atoms with Crippen molar-refractivity contribution in [1.82, 2.24) is 9.88 Å². The van der Waals surface area contributed by atoms with Crippen LogP contribution in [0.1, 0.15) is 16.8 Å². The molecule has 0 unspecified atom stereocenters. The van der Waals surface area contributed by atoms with E-state index in [0.717, 1.165) is 35.5 Å². The van der Waals surface area contributed by atoms with Gasteiger partial charge in [0.05, 0.1) is 10.9 Å². The molecule has 3 aromatic rings. The van der Waals surface area contributed by atoms with E-state index in [1.165, 1.54) is 12.1 Å². The van der Waals surface area contributed by atoms with Crippen molar-refractivity contribution < 1.29 is 23.1 Å². The first-order chi connectivity index (χ1) is 14.4. The molecule has 156 valence electrons. The molecule has 1 fully saturated rings. The second kappa shape index (κ2) is 7.83. The lowest BCUT2D eigenvalue weighted by molar-refractivity contribution is 0.0695. The zero-order valence-corrected chi connectivity index (χ0v) is 15.8. The Morgan fingerprint density at radius 3 is 2.50 bits per heavy atom. The molecule has 0 amide bonds. The van der Waals surface area contributed by atoms with Crippen molar-refractivity contribution in [2.75, 3.05) is 31.1 Å². The molecule has 0 atom stereocenters. The first kappa shape index (κ1) is 20.0. The van der Waals surface area contributed by atoms with Crippen LogP contribution in [0.15, 0.2) is 41.3 Å². The summed E-state index contributed by atoms with van der Waals surface area (Å²) >= 11 is 0. The van der Waals surface area contributed by atoms with E-state index in [2.05, 4.69) is 5.32 Å². The van der Waals surface area contributed by atoms with Crippen LogP contribution in [0.2, 0.25) is 0 Å². The van der Waals surface area contributed by atoms with Gasteiger partial charge in [0.15, 0.2) is 5.82 Å². The minimum absolute atomic E-state index is 0.234. The molecule has 30 heavy (non-hydrogen) atoms. The number of rotatable bonds is 3. The summed E-state index contributed by atoms with van der Waals surface area (Å²) in [6.07, 6.45) is 1.66. The van der Waals surface area contributed by atoms with Crippen molar-refractivity contribution in [3.63, 3.8) is 0 Å². The molecule has 1 saturated heterocycles. The van der Waals surface area contributed by atoms with E-state index in [4.69, 9.17) is 0 Å². The third kappa shape index (κ3) is 3.41. The monoisotopic (exact) mass is 417 g/mol. The molecule has 0 radical (unpaired) electrons. The summed E-state index contributed by atoms with van der Waals surface area (Å²) in [5, 5.41) is 12.1. The molecule has 1 aromatic heterocycles. The number of carboxylic acids is 1. The fourth-order valence-corrected chi connectivity index (χ4v) is 3.72. The van der Waals surface area contributed by atoms with E-state index in [9.17, 15) is 23.5 Å². The molecule has 2 N–H and O–H groups in total. The summed E-state index contributed by atoms with van der Waals surface area (Å²) in [4.78, 5) is 25.8. The third-order valence-corrected chi connectivity index (χ3v) is 5.15. The Bertz CT molecular complexity index is 1180. The van der Waals surface area contributed by atoms with E-state index in [0.29, 0.717) is 26.1 Å². The highest BCUT2D eigenvalue weighted by Gasteiger charge is 2.26. The topological polar surface area (TPSA) is 74.6 Å². The second-order valence-corrected chi connectivity index (χ2v) is 7.03. The van der Waals surface area contributed by atoms with Crippen LogP contribution >= 0.6 is 0 Å². The molecular weight excluding hydrogens is 399 g/mol. The van der Waals surface area contributed by atoms with Crippen molar-refractivity contribution in [3.05, 3.63) is 69.8 Å². The van der Waals surface area contributed by atoms with Crippen molar-refractivity contribution in [1.29, 1.82) is 0 Å². The van der Waals surface area contributed by atoms with Gasteiger partial charge in [0.2, 0.25) is 5.43 Å². The number of anilines is 1. The van der Waals surface area contributed by atoms with Gasteiger partial charge in [-0.15, -0.1) is 0 Å². The highest BCUT2D eigenvalue weighted by Crippen LogP contribution is 2.31. The summed E-state index contributed by atoms with van der Waals surface area (Å²) in [6.45, 7) is 2.04. The molecule has 4 rings (SSSR count). The lowest BCUT2D eigenvalue weighted by Crippen LogP contribution is -2.30. The Morgan fingerprint density at radius 2 is 1.80 bits per heavy atom. The van der Waals surface area contributed by atoms with Crippen LogP contribution < -0.4 is 15.6 Å². The Morgan fingerprint density at radius 1 is 1.07 bits per heavy atom. The maximum Gasteiger partial charge on any atom is 0.341 e. The van der Waals surface area contributed by atoms with Crippen molar-refractivity contribution >= 4 is 22.6 Å². The van der Waals surface area contributed by atoms with Gasteiger partial charge >= 0.3 is 5.97 Å². The highest BCUT2D eigenvalue weighted by atomic mass is 19.1. The number of aromatic nitrogens is 1. The van der Waals surface area contributed by atoms with Crippen molar-refractivity contribution in [2.24, 2.45) is 0 Å². The van der Waals surface area contributed by atoms with Gasteiger partial charge in [-0.2, -0.15) is 0 Å². The van der Waals surface area contributed by atoms with Gasteiger partial charge in [-0.25, -0.2) is 18.0 Å². The van der Waals surface area contributed by atoms with Gasteiger partial charge in [0.25, 0.3) is 0 Å². The SMILES string of the molecule is O=C(O)c1cn(-c2ccc(F)cc2)c2c(F)c(N3CCCNCC3)c(F)cc2c1=O. The maximum absolute atomic E-state index is 15.7. The summed E-state index contributed by atoms with van der Waals surface area (Å²) in [5.41, 5.74) is -1.93. The van der Waals surface area contributed by atoms with Gasteiger partial charge in [0.1, 0.15) is 22.9 Å². The molecule has 0 saturated carbocycles. The van der Waals surface area contributed by atoms with Crippen LogP contribution in [-0.4, -0.2) is 41.8 Å². The predicted molar refractivity (Wildman–Crippen MR) is 106 cm³/mol. The summed E-state index contributed by atoms with van der Waals surface area (Å²) in [6, 6.07) is 5.78. The van der Waals surface area contributed by atoms with Crippen LogP contribution in [0.25, 0.3) is 16.6 Å². The minimum Gasteiger partial charge on any atom is -0.477 e. The number of hydrogen-bond donors (Lipinski definition) is 2. The van der Waals surface area contributed by atoms with E-state index < -0.39 is 39.8 Å². The average Bonchev–Trinajstić information content (AvgIpc) is 2.98. The number of nitrogens with zero attached hydrogens (tertiary/aromatic N) is 2. The van der Waals surface area contributed by atoms with Gasteiger partial charge in [-0.05, 0) is 43.3 Å². The van der Waals surface area contributed by atoms with Crippen molar-refractivity contribution in [3.8, 4) is 5.69 Å². The molecule has 0 spiro atoms. The van der Waals surface area contributed by atoms with Gasteiger partial charge in [-0.1, -0.05) is 0 Å². The Labute approximate surface area is 169 Å². The maximum atomic E-state index is 15.7. The largest absolute Gasteiger partial charge is 0.477 e. The quantitative estimate of drug-likeness (QED) is 0.686. The Hall–Kier alpha value is -3.33. The second-order valence-electron chi connectivity index (χ2n) is 7.03. The number of aromatic carboxylic acids is 1. The molecule has 2 heterocycles. The number of pyridine rings is 1. The van der Waals surface area contributed by atoms with Crippen LogP contribution in [0.5, 0.6) is 0 Å². The molecule has 9 heteroatoms. The molecule has 1 aliphatic rings. The van der Waals surface area contributed by atoms with Crippen LogP contribution in [-0.2, 0) is 0 Å². The van der Waals surface area contributed by atoms with E-state index in [-0.39, 0.29) is 16.9 Å². The Kier molecular flexibility index (Phi) is 5.21. The van der Waals surface area contributed by atoms with Gasteiger partial charge in [-0.3, -0.25) is 4.79 Å². The molecule has 0 bridgehead atoms. The normalized spacial score (nSPS) is 14.7. The van der Waals surface area contributed by atoms with Gasteiger partial charge < -0.3 is 19.9 Å². The zero-order chi connectivity index (χ0) is 21.4. The minimum atomic E-state index is -1.53. The number of carbonyl (C=O) groups is 1. The van der Waals surface area contributed by atoms with Gasteiger partial charge in [0, 0.05) is 31.5 Å². The summed E-state index contributed by atoms with van der Waals surface area (Å²) in [7, 11) is 0. The lowest BCUT2D eigenvalue weighted by Gasteiger charge is -2.25. The standard InChI is InChI=1S/C21H18F3N3O3/c22-12-2-4-13(5-3-12)27-11-15(21(29)30)20(28)14-10-16(23)19(17(24)18(14)27)26-8-1-6-25-7-9-26/h2-5,10-11,25H,1,6-9H2,(H,29,30). The molecular formula is C21H18F3N3O3. The van der Waals surface area contributed by atoms with E-state index in [1.54, 1.807) is 4.90 Å². The molecule has 0 aliphatic carbocycles. The Balaban J connectivity index is 2.06. The summed E-state index contributed by atoms with van der Waals surface area (Å²) < 4.78 is 45.2. The molecule has 1 aliphatic heterocycles. The van der Waals surface area contributed by atoms with Crippen LogP contribution in [0.3, 0.4) is 0 Å². The number of nitrogens with one attached hydrogen (secondary N) is 1. The number of halogens is 3. The number of benzene rings is 2. The highest BCUT2D eigenvalue weighted by molar-refractivity contribution is 5.94. The fourth-order valence-electron chi connectivity index (χ4n) is 3.72. The fraction of sp³-hybridized carbons (Fsp3) is 0.238. The lowest BCUT2D eigenvalue weighted by atomic mass is 10.1. The number of hydrogen-bond acceptors (Lipinski definition) is 4.